The highest BCUT2D eigenvalue weighted by atomic mass is 16.1. The van der Waals surface area contributed by atoms with Gasteiger partial charge in [-0.3, -0.25) is 4.79 Å². The van der Waals surface area contributed by atoms with Crippen molar-refractivity contribution in [1.82, 2.24) is 4.57 Å². The summed E-state index contributed by atoms with van der Waals surface area (Å²) in [5.74, 6) is 0. The van der Waals surface area contributed by atoms with Crippen LogP contribution in [-0.4, -0.2) is 4.57 Å². The fourth-order valence-electron chi connectivity index (χ4n) is 1.99. The molecular formula is C15H18N2O. The first-order valence-electron chi connectivity index (χ1n) is 6.19. The second kappa shape index (κ2) is 5.54. The molecule has 1 aromatic heterocycles. The SMILES string of the molecule is CCC(Nc1ccc(=O)n(C)c1)c1ccccc1. The highest BCUT2D eigenvalue weighted by molar-refractivity contribution is 5.43. The second-order valence-electron chi connectivity index (χ2n) is 4.38. The van der Waals surface area contributed by atoms with Crippen LogP contribution in [0.25, 0.3) is 0 Å². The van der Waals surface area contributed by atoms with E-state index in [4.69, 9.17) is 0 Å². The van der Waals surface area contributed by atoms with Gasteiger partial charge in [0.05, 0.1) is 11.7 Å². The number of rotatable bonds is 4. The smallest absolute Gasteiger partial charge is 0.250 e. The fourth-order valence-corrected chi connectivity index (χ4v) is 1.99. The van der Waals surface area contributed by atoms with E-state index in [0.717, 1.165) is 12.1 Å². The molecule has 1 aromatic carbocycles. The van der Waals surface area contributed by atoms with Gasteiger partial charge in [-0.15, -0.1) is 0 Å². The summed E-state index contributed by atoms with van der Waals surface area (Å²) in [6, 6.07) is 14.0. The minimum Gasteiger partial charge on any atom is -0.377 e. The Hall–Kier alpha value is -2.03. The van der Waals surface area contributed by atoms with Crippen molar-refractivity contribution in [3.63, 3.8) is 0 Å². The van der Waals surface area contributed by atoms with Gasteiger partial charge in [-0.2, -0.15) is 0 Å². The van der Waals surface area contributed by atoms with E-state index in [2.05, 4.69) is 24.4 Å². The summed E-state index contributed by atoms with van der Waals surface area (Å²) in [6.45, 7) is 2.15. The van der Waals surface area contributed by atoms with Crippen LogP contribution in [0.15, 0.2) is 53.5 Å². The normalized spacial score (nSPS) is 12.1. The molecule has 3 heteroatoms. The minimum absolute atomic E-state index is 0.00769. The van der Waals surface area contributed by atoms with Crippen LogP contribution in [-0.2, 0) is 7.05 Å². The molecule has 0 bridgehead atoms. The molecular weight excluding hydrogens is 224 g/mol. The van der Waals surface area contributed by atoms with Gasteiger partial charge in [0.25, 0.3) is 0 Å². The number of anilines is 1. The molecule has 0 aliphatic rings. The predicted octanol–water partition coefficient (Wildman–Crippen LogP) is 2.95. The average molecular weight is 242 g/mol. The largest absolute Gasteiger partial charge is 0.377 e. The summed E-state index contributed by atoms with van der Waals surface area (Å²) in [6.07, 6.45) is 2.82. The molecule has 1 atom stereocenters. The van der Waals surface area contributed by atoms with E-state index in [9.17, 15) is 4.79 Å². The first-order chi connectivity index (χ1) is 8.70. The van der Waals surface area contributed by atoms with E-state index in [1.165, 1.54) is 5.56 Å². The Bertz CT molecular complexity index is 560. The molecule has 0 amide bonds. The van der Waals surface area contributed by atoms with Crippen molar-refractivity contribution >= 4 is 5.69 Å². The molecule has 1 N–H and O–H groups in total. The molecule has 0 radical (unpaired) electrons. The quantitative estimate of drug-likeness (QED) is 0.894. The number of hydrogen-bond acceptors (Lipinski definition) is 2. The minimum atomic E-state index is 0.00769. The van der Waals surface area contributed by atoms with Crippen molar-refractivity contribution in [1.29, 1.82) is 0 Å². The summed E-state index contributed by atoms with van der Waals surface area (Å²) >= 11 is 0. The Balaban J connectivity index is 2.20. The summed E-state index contributed by atoms with van der Waals surface area (Å²) in [7, 11) is 1.76. The van der Waals surface area contributed by atoms with Crippen LogP contribution in [0.1, 0.15) is 24.9 Å². The number of aryl methyl sites for hydroxylation is 1. The maximum atomic E-state index is 11.3. The highest BCUT2D eigenvalue weighted by Crippen LogP contribution is 2.21. The number of nitrogens with one attached hydrogen (secondary N) is 1. The van der Waals surface area contributed by atoms with Gasteiger partial charge in [0, 0.05) is 19.3 Å². The lowest BCUT2D eigenvalue weighted by molar-refractivity contribution is 0.744. The molecule has 3 nitrogen and oxygen atoms in total. The number of aromatic nitrogens is 1. The standard InChI is InChI=1S/C15H18N2O/c1-3-14(12-7-5-4-6-8-12)16-13-9-10-15(18)17(2)11-13/h4-11,14,16H,3H2,1-2H3. The Kier molecular flexibility index (Phi) is 3.82. The number of benzene rings is 1. The molecule has 1 unspecified atom stereocenters. The monoisotopic (exact) mass is 242 g/mol. The van der Waals surface area contributed by atoms with Crippen LogP contribution in [0.2, 0.25) is 0 Å². The van der Waals surface area contributed by atoms with E-state index in [1.807, 2.05) is 30.5 Å². The van der Waals surface area contributed by atoms with Gasteiger partial charge in [-0.25, -0.2) is 0 Å². The van der Waals surface area contributed by atoms with Crippen LogP contribution in [0, 0.1) is 0 Å². The van der Waals surface area contributed by atoms with E-state index < -0.39 is 0 Å². The van der Waals surface area contributed by atoms with Gasteiger partial charge >= 0.3 is 0 Å². The van der Waals surface area contributed by atoms with Crippen LogP contribution in [0.4, 0.5) is 5.69 Å². The molecule has 0 saturated carbocycles. The first kappa shape index (κ1) is 12.4. The number of pyridine rings is 1. The zero-order valence-corrected chi connectivity index (χ0v) is 10.8. The van der Waals surface area contributed by atoms with Gasteiger partial charge in [-0.05, 0) is 18.1 Å². The van der Waals surface area contributed by atoms with Crippen molar-refractivity contribution in [2.24, 2.45) is 7.05 Å². The van der Waals surface area contributed by atoms with Crippen molar-refractivity contribution in [2.45, 2.75) is 19.4 Å². The van der Waals surface area contributed by atoms with Gasteiger partial charge in [0.2, 0.25) is 5.56 Å². The third-order valence-corrected chi connectivity index (χ3v) is 3.04. The van der Waals surface area contributed by atoms with Crippen LogP contribution >= 0.6 is 0 Å². The Labute approximate surface area is 107 Å². The Morgan fingerprint density at radius 1 is 1.17 bits per heavy atom. The zero-order valence-electron chi connectivity index (χ0n) is 10.8. The van der Waals surface area contributed by atoms with Gasteiger partial charge < -0.3 is 9.88 Å². The van der Waals surface area contributed by atoms with Crippen LogP contribution in [0.3, 0.4) is 0 Å². The maximum Gasteiger partial charge on any atom is 0.250 e. The lowest BCUT2D eigenvalue weighted by Gasteiger charge is -2.19. The maximum absolute atomic E-state index is 11.3. The Morgan fingerprint density at radius 2 is 1.89 bits per heavy atom. The van der Waals surface area contributed by atoms with E-state index in [1.54, 1.807) is 17.7 Å². The van der Waals surface area contributed by atoms with Gasteiger partial charge in [0.1, 0.15) is 0 Å². The molecule has 0 saturated heterocycles. The summed E-state index contributed by atoms with van der Waals surface area (Å²) < 4.78 is 1.58. The average Bonchev–Trinajstić information content (AvgIpc) is 2.41. The van der Waals surface area contributed by atoms with E-state index >= 15 is 0 Å². The summed E-state index contributed by atoms with van der Waals surface area (Å²) in [5.41, 5.74) is 2.23. The van der Waals surface area contributed by atoms with Gasteiger partial charge in [0.15, 0.2) is 0 Å². The number of nitrogens with zero attached hydrogens (tertiary/aromatic N) is 1. The third-order valence-electron chi connectivity index (χ3n) is 3.04. The number of hydrogen-bond donors (Lipinski definition) is 1. The van der Waals surface area contributed by atoms with Crippen molar-refractivity contribution in [3.8, 4) is 0 Å². The Morgan fingerprint density at radius 3 is 2.50 bits per heavy atom. The third kappa shape index (κ3) is 2.80. The highest BCUT2D eigenvalue weighted by Gasteiger charge is 2.08. The molecule has 2 aromatic rings. The molecule has 18 heavy (non-hydrogen) atoms. The van der Waals surface area contributed by atoms with Crippen molar-refractivity contribution < 1.29 is 0 Å². The summed E-state index contributed by atoms with van der Waals surface area (Å²) in [4.78, 5) is 11.3. The second-order valence-corrected chi connectivity index (χ2v) is 4.38. The lowest BCUT2D eigenvalue weighted by atomic mass is 10.0. The fraction of sp³-hybridized carbons (Fsp3) is 0.267. The molecule has 0 fully saturated rings. The van der Waals surface area contributed by atoms with Crippen molar-refractivity contribution in [3.05, 3.63) is 64.6 Å². The van der Waals surface area contributed by atoms with Crippen molar-refractivity contribution in [2.75, 3.05) is 5.32 Å². The molecule has 1 heterocycles. The lowest BCUT2D eigenvalue weighted by Crippen LogP contribution is -2.16. The molecule has 2 rings (SSSR count). The summed E-state index contributed by atoms with van der Waals surface area (Å²) in [5, 5.41) is 3.45. The van der Waals surface area contributed by atoms with E-state index in [0.29, 0.717) is 0 Å². The predicted molar refractivity (Wildman–Crippen MR) is 74.8 cm³/mol. The van der Waals surface area contributed by atoms with Crippen LogP contribution < -0.4 is 10.9 Å². The topological polar surface area (TPSA) is 34.0 Å². The molecule has 94 valence electrons. The molecule has 0 aliphatic heterocycles. The van der Waals surface area contributed by atoms with Crippen LogP contribution in [0.5, 0.6) is 0 Å². The zero-order chi connectivity index (χ0) is 13.0. The van der Waals surface area contributed by atoms with E-state index in [-0.39, 0.29) is 11.6 Å². The van der Waals surface area contributed by atoms with Gasteiger partial charge in [-0.1, -0.05) is 37.3 Å². The first-order valence-corrected chi connectivity index (χ1v) is 6.19. The molecule has 0 spiro atoms. The molecule has 0 aliphatic carbocycles.